The predicted molar refractivity (Wildman–Crippen MR) is 136 cm³/mol. The fraction of sp³-hybridized carbons (Fsp3) is 0.583. The molecule has 0 radical (unpaired) electrons. The molecule has 5 heterocycles. The van der Waals surface area contributed by atoms with E-state index >= 15 is 0 Å². The van der Waals surface area contributed by atoms with Gasteiger partial charge in [-0.15, -0.1) is 0 Å². The number of ether oxygens (including phenoxy) is 2. The van der Waals surface area contributed by atoms with Gasteiger partial charge in [0.05, 0.1) is 19.0 Å². The highest BCUT2D eigenvalue weighted by Gasteiger charge is 2.48. The van der Waals surface area contributed by atoms with Crippen molar-refractivity contribution in [2.45, 2.75) is 37.8 Å². The number of nitrogens with one attached hydrogen (secondary N) is 2. The SMILES string of the molecule is CCOc1cnc(NC(=O)N(C)[C@H]2CN(c3nccc(NC(=O)O[C@H]4CN5CCC4C5)n3)CCC2(F)F)cn1. The van der Waals surface area contributed by atoms with E-state index in [-0.39, 0.29) is 42.7 Å². The first kappa shape index (κ1) is 26.7. The van der Waals surface area contributed by atoms with Gasteiger partial charge in [-0.25, -0.2) is 33.3 Å². The summed E-state index contributed by atoms with van der Waals surface area (Å²) in [6, 6.07) is -0.737. The Bertz CT molecular complexity index is 1190. The summed E-state index contributed by atoms with van der Waals surface area (Å²) in [5, 5.41) is 5.09. The third-order valence-corrected chi connectivity index (χ3v) is 7.23. The molecule has 3 fully saturated rings. The van der Waals surface area contributed by atoms with Gasteiger partial charge in [-0.3, -0.25) is 15.5 Å². The molecule has 2 bridgehead atoms. The van der Waals surface area contributed by atoms with E-state index in [9.17, 15) is 18.4 Å². The van der Waals surface area contributed by atoms with E-state index in [1.54, 1.807) is 11.8 Å². The van der Waals surface area contributed by atoms with Gasteiger partial charge in [0.15, 0.2) is 5.82 Å². The lowest BCUT2D eigenvalue weighted by molar-refractivity contribution is -0.0760. The van der Waals surface area contributed by atoms with Crippen LogP contribution >= 0.6 is 0 Å². The number of piperidine rings is 2. The third-order valence-electron chi connectivity index (χ3n) is 7.23. The minimum Gasteiger partial charge on any atom is -0.477 e. The quantitative estimate of drug-likeness (QED) is 0.531. The van der Waals surface area contributed by atoms with E-state index in [2.05, 4.69) is 35.5 Å². The van der Waals surface area contributed by atoms with E-state index in [1.165, 1.54) is 31.7 Å². The van der Waals surface area contributed by atoms with Gasteiger partial charge in [0.2, 0.25) is 11.8 Å². The second kappa shape index (κ2) is 11.1. The number of halogens is 2. The van der Waals surface area contributed by atoms with Crippen molar-refractivity contribution < 1.29 is 27.8 Å². The molecule has 0 aliphatic carbocycles. The number of carbonyl (C=O) groups is 2. The van der Waals surface area contributed by atoms with Crippen LogP contribution in [0.15, 0.2) is 24.7 Å². The fourth-order valence-electron chi connectivity index (χ4n) is 5.12. The van der Waals surface area contributed by atoms with Gasteiger partial charge in [0.1, 0.15) is 18.0 Å². The summed E-state index contributed by atoms with van der Waals surface area (Å²) in [6.45, 7) is 4.65. The Balaban J connectivity index is 1.21. The number of nitrogens with zero attached hydrogens (tertiary/aromatic N) is 7. The van der Waals surface area contributed by atoms with Gasteiger partial charge in [0, 0.05) is 51.8 Å². The Morgan fingerprint density at radius 1 is 1.13 bits per heavy atom. The van der Waals surface area contributed by atoms with Crippen molar-refractivity contribution in [1.29, 1.82) is 0 Å². The van der Waals surface area contributed by atoms with Crippen LogP contribution in [-0.2, 0) is 4.74 Å². The zero-order chi connectivity index (χ0) is 27.6. The van der Waals surface area contributed by atoms with E-state index in [0.29, 0.717) is 12.5 Å². The molecule has 2 aromatic rings. The average Bonchev–Trinajstić information content (AvgIpc) is 3.53. The largest absolute Gasteiger partial charge is 0.477 e. The highest BCUT2D eigenvalue weighted by Crippen LogP contribution is 2.33. The van der Waals surface area contributed by atoms with E-state index in [0.717, 1.165) is 31.0 Å². The highest BCUT2D eigenvalue weighted by molar-refractivity contribution is 5.88. The zero-order valence-electron chi connectivity index (χ0n) is 21.7. The molecule has 0 spiro atoms. The first-order valence-electron chi connectivity index (χ1n) is 12.9. The summed E-state index contributed by atoms with van der Waals surface area (Å²) >= 11 is 0. The maximum atomic E-state index is 14.9. The summed E-state index contributed by atoms with van der Waals surface area (Å²) in [5.74, 6) is -2.06. The van der Waals surface area contributed by atoms with Crippen LogP contribution in [0.1, 0.15) is 19.8 Å². The number of likely N-dealkylation sites (N-methyl/N-ethyl adjacent to an activating group) is 1. The molecule has 4 atom stereocenters. The monoisotopic (exact) mass is 547 g/mol. The van der Waals surface area contributed by atoms with Gasteiger partial charge in [-0.05, 0) is 26.0 Å². The Morgan fingerprint density at radius 2 is 1.97 bits per heavy atom. The van der Waals surface area contributed by atoms with Crippen LogP contribution < -0.4 is 20.3 Å². The topological polar surface area (TPSA) is 138 Å². The average molecular weight is 548 g/mol. The van der Waals surface area contributed by atoms with Gasteiger partial charge in [-0.2, -0.15) is 4.98 Å². The lowest BCUT2D eigenvalue weighted by atomic mass is 10.00. The van der Waals surface area contributed by atoms with Crippen LogP contribution in [0.3, 0.4) is 0 Å². The summed E-state index contributed by atoms with van der Waals surface area (Å²) < 4.78 is 40.7. The first-order chi connectivity index (χ1) is 18.7. The molecule has 2 N–H and O–H groups in total. The Hall–Kier alpha value is -3.88. The fourth-order valence-corrected chi connectivity index (χ4v) is 5.12. The van der Waals surface area contributed by atoms with Crippen LogP contribution in [0.2, 0.25) is 0 Å². The zero-order valence-corrected chi connectivity index (χ0v) is 21.7. The number of aromatic nitrogens is 4. The molecular formula is C24H31F2N9O4. The molecule has 3 amide bonds. The molecule has 210 valence electrons. The molecule has 2 unspecified atom stereocenters. The molecule has 5 rings (SSSR count). The predicted octanol–water partition coefficient (Wildman–Crippen LogP) is 2.30. The second-order valence-electron chi connectivity index (χ2n) is 9.81. The number of rotatable bonds is 7. The van der Waals surface area contributed by atoms with Crippen molar-refractivity contribution >= 4 is 29.7 Å². The lowest BCUT2D eigenvalue weighted by Crippen LogP contribution is -2.60. The Labute approximate surface area is 223 Å². The summed E-state index contributed by atoms with van der Waals surface area (Å²) in [6.07, 6.45) is 3.78. The van der Waals surface area contributed by atoms with Gasteiger partial charge in [-0.1, -0.05) is 0 Å². The van der Waals surface area contributed by atoms with Crippen molar-refractivity contribution in [3.8, 4) is 5.88 Å². The number of hydrogen-bond acceptors (Lipinski definition) is 10. The number of hydrogen-bond donors (Lipinski definition) is 2. The van der Waals surface area contributed by atoms with E-state index in [1.807, 2.05) is 0 Å². The minimum atomic E-state index is -3.15. The van der Waals surface area contributed by atoms with Crippen molar-refractivity contribution in [2.75, 3.05) is 61.9 Å². The number of fused-ring (bicyclic) bond motifs is 2. The summed E-state index contributed by atoms with van der Waals surface area (Å²) in [4.78, 5) is 46.6. The number of carbonyl (C=O) groups excluding carboxylic acids is 2. The Kier molecular flexibility index (Phi) is 7.59. The molecular weight excluding hydrogens is 516 g/mol. The van der Waals surface area contributed by atoms with Crippen LogP contribution in [0, 0.1) is 5.92 Å². The van der Waals surface area contributed by atoms with Crippen molar-refractivity contribution in [3.63, 3.8) is 0 Å². The Morgan fingerprint density at radius 3 is 2.67 bits per heavy atom. The first-order valence-corrected chi connectivity index (χ1v) is 12.9. The van der Waals surface area contributed by atoms with Gasteiger partial charge in [0.25, 0.3) is 5.92 Å². The van der Waals surface area contributed by atoms with Crippen molar-refractivity contribution in [1.82, 2.24) is 29.7 Å². The molecule has 15 heteroatoms. The number of amides is 3. The molecule has 13 nitrogen and oxygen atoms in total. The van der Waals surface area contributed by atoms with Crippen LogP contribution in [-0.4, -0.2) is 106 Å². The molecule has 0 saturated carbocycles. The molecule has 3 aliphatic rings. The van der Waals surface area contributed by atoms with E-state index in [4.69, 9.17) is 9.47 Å². The minimum absolute atomic E-state index is 0.0309. The molecule has 0 aromatic carbocycles. The maximum absolute atomic E-state index is 14.9. The standard InChI is InChI=1S/C24H31F2N9O4/c1-3-38-20-11-28-19(10-29-20)31-22(36)33(2)17-14-35(9-6-24(17,25)26)21-27-7-4-18(30-21)32-23(37)39-16-13-34-8-5-15(16)12-34/h4,7,10-11,15-17H,3,5-6,8-9,12-14H2,1-2H3,(H,28,31,36)(H,27,30,32,37)/t15?,16-,17-/m0/s1. The third kappa shape index (κ3) is 6.08. The normalized spacial score (nSPS) is 25.2. The van der Waals surface area contributed by atoms with Gasteiger partial charge < -0.3 is 19.3 Å². The maximum Gasteiger partial charge on any atom is 0.413 e. The van der Waals surface area contributed by atoms with Gasteiger partial charge >= 0.3 is 12.1 Å². The number of urea groups is 1. The molecule has 3 saturated heterocycles. The van der Waals surface area contributed by atoms with Crippen molar-refractivity contribution in [2.24, 2.45) is 5.92 Å². The summed E-state index contributed by atoms with van der Waals surface area (Å²) in [5.41, 5.74) is 0. The van der Waals surface area contributed by atoms with E-state index < -0.39 is 30.5 Å². The second-order valence-corrected chi connectivity index (χ2v) is 9.81. The van der Waals surface area contributed by atoms with Crippen molar-refractivity contribution in [3.05, 3.63) is 24.7 Å². The highest BCUT2D eigenvalue weighted by atomic mass is 19.3. The molecule has 2 aromatic heterocycles. The summed E-state index contributed by atoms with van der Waals surface area (Å²) in [7, 11) is 1.29. The smallest absolute Gasteiger partial charge is 0.413 e. The molecule has 3 aliphatic heterocycles. The molecule has 39 heavy (non-hydrogen) atoms. The van der Waals surface area contributed by atoms with Crippen LogP contribution in [0.4, 0.5) is 36.0 Å². The number of anilines is 3. The van der Waals surface area contributed by atoms with Crippen LogP contribution in [0.5, 0.6) is 5.88 Å². The lowest BCUT2D eigenvalue weighted by Gasteiger charge is -2.42. The number of alkyl halides is 2. The van der Waals surface area contributed by atoms with Crippen LogP contribution in [0.25, 0.3) is 0 Å².